The Labute approximate surface area is 220 Å². The largest absolute Gasteiger partial charge is 0.434 e. The van der Waals surface area contributed by atoms with Gasteiger partial charge in [-0.2, -0.15) is 23.5 Å². The van der Waals surface area contributed by atoms with E-state index in [4.69, 9.17) is 0 Å². The van der Waals surface area contributed by atoms with E-state index >= 15 is 0 Å². The van der Waals surface area contributed by atoms with Crippen molar-refractivity contribution in [1.29, 1.82) is 5.26 Å². The van der Waals surface area contributed by atoms with Gasteiger partial charge in [-0.05, 0) is 13.1 Å². The normalized spacial score (nSPS) is 14.3. The van der Waals surface area contributed by atoms with Crippen molar-refractivity contribution in [3.63, 3.8) is 0 Å². The number of likely N-dealkylation sites (N-methyl/N-ethyl adjacent to an activating group) is 1. The van der Waals surface area contributed by atoms with Gasteiger partial charge in [-0.15, -0.1) is 0 Å². The minimum atomic E-state index is -4.94. The summed E-state index contributed by atoms with van der Waals surface area (Å²) < 4.78 is 43.3. The Hall–Kier alpha value is -4.83. The molecule has 4 heterocycles. The van der Waals surface area contributed by atoms with Gasteiger partial charge in [0.2, 0.25) is 0 Å². The number of fused-ring (bicyclic) bond motifs is 1. The molecule has 1 N–H and O–H groups in total. The molecule has 4 aromatic rings. The summed E-state index contributed by atoms with van der Waals surface area (Å²) in [5, 5.41) is 16.9. The minimum Gasteiger partial charge on any atom is -0.335 e. The number of alkyl halides is 3. The number of amides is 2. The monoisotopic (exact) mass is 534 g/mol. The molecule has 1 aliphatic rings. The zero-order valence-corrected chi connectivity index (χ0v) is 20.6. The van der Waals surface area contributed by atoms with E-state index in [9.17, 15) is 28.0 Å². The van der Waals surface area contributed by atoms with Gasteiger partial charge in [-0.3, -0.25) is 14.6 Å². The van der Waals surface area contributed by atoms with E-state index < -0.39 is 29.2 Å². The zero-order chi connectivity index (χ0) is 27.7. The molecule has 0 aliphatic carbocycles. The first-order valence-corrected chi connectivity index (χ1v) is 11.8. The number of carbonyl (C=O) groups is 2. The van der Waals surface area contributed by atoms with Crippen molar-refractivity contribution in [3.05, 3.63) is 77.6 Å². The lowest BCUT2D eigenvalue weighted by Crippen LogP contribution is -2.47. The molecule has 1 aromatic carbocycles. The molecule has 0 bridgehead atoms. The zero-order valence-electron chi connectivity index (χ0n) is 20.6. The third-order valence-corrected chi connectivity index (χ3v) is 6.42. The second-order valence-corrected chi connectivity index (χ2v) is 8.98. The molecule has 5 rings (SSSR count). The Balaban J connectivity index is 1.45. The molecule has 0 unspecified atom stereocenters. The van der Waals surface area contributed by atoms with Crippen LogP contribution in [0, 0.1) is 11.3 Å². The first-order chi connectivity index (χ1) is 18.7. The van der Waals surface area contributed by atoms with Crippen molar-refractivity contribution >= 4 is 28.3 Å². The molecule has 0 saturated carbocycles. The number of anilines is 1. The van der Waals surface area contributed by atoms with Gasteiger partial charge in [0.15, 0.2) is 5.69 Å². The van der Waals surface area contributed by atoms with Gasteiger partial charge in [0.1, 0.15) is 11.8 Å². The van der Waals surface area contributed by atoms with E-state index in [0.717, 1.165) is 12.4 Å². The number of hydrogen-bond donors (Lipinski definition) is 1. The van der Waals surface area contributed by atoms with E-state index in [1.54, 1.807) is 29.2 Å². The van der Waals surface area contributed by atoms with Crippen LogP contribution >= 0.6 is 0 Å². The molecule has 198 valence electrons. The fraction of sp³-hybridized carbons (Fsp3) is 0.231. The highest BCUT2D eigenvalue weighted by Gasteiger charge is 2.41. The number of nitrogens with one attached hydrogen (secondary N) is 1. The number of nitrogens with zero attached hydrogens (tertiary/aromatic N) is 7. The number of halogens is 3. The van der Waals surface area contributed by atoms with Crippen LogP contribution in [0.4, 0.5) is 18.9 Å². The van der Waals surface area contributed by atoms with Crippen molar-refractivity contribution in [2.24, 2.45) is 0 Å². The molecule has 10 nitrogen and oxygen atoms in total. The van der Waals surface area contributed by atoms with Crippen LogP contribution in [0.3, 0.4) is 0 Å². The highest BCUT2D eigenvalue weighted by atomic mass is 19.4. The molecule has 2 amide bonds. The molecular weight excluding hydrogens is 513 g/mol. The molecule has 3 aromatic heterocycles. The molecule has 0 spiro atoms. The van der Waals surface area contributed by atoms with Gasteiger partial charge in [-0.1, -0.05) is 24.3 Å². The summed E-state index contributed by atoms with van der Waals surface area (Å²) in [5.41, 5.74) is -2.20. The topological polar surface area (TPSA) is 120 Å². The molecule has 1 fully saturated rings. The van der Waals surface area contributed by atoms with Crippen LogP contribution in [0.2, 0.25) is 0 Å². The smallest absolute Gasteiger partial charge is 0.335 e. The summed E-state index contributed by atoms with van der Waals surface area (Å²) in [4.78, 5) is 37.6. The van der Waals surface area contributed by atoms with Crippen LogP contribution in [0.25, 0.3) is 16.5 Å². The highest BCUT2D eigenvalue weighted by Crippen LogP contribution is 2.35. The molecule has 0 atom stereocenters. The number of piperazine rings is 1. The summed E-state index contributed by atoms with van der Waals surface area (Å²) in [5.74, 6) is -1.53. The second-order valence-electron chi connectivity index (χ2n) is 8.98. The Bertz CT molecular complexity index is 1610. The van der Waals surface area contributed by atoms with Gasteiger partial charge < -0.3 is 15.1 Å². The first-order valence-electron chi connectivity index (χ1n) is 11.8. The maximum absolute atomic E-state index is 14.2. The van der Waals surface area contributed by atoms with Crippen LogP contribution in [0.5, 0.6) is 0 Å². The molecule has 1 saturated heterocycles. The predicted molar refractivity (Wildman–Crippen MR) is 134 cm³/mol. The maximum atomic E-state index is 14.2. The van der Waals surface area contributed by atoms with Crippen LogP contribution in [0.15, 0.2) is 55.1 Å². The highest BCUT2D eigenvalue weighted by molar-refractivity contribution is 6.05. The third-order valence-electron chi connectivity index (χ3n) is 6.42. The Morgan fingerprint density at radius 3 is 2.51 bits per heavy atom. The van der Waals surface area contributed by atoms with Gasteiger partial charge >= 0.3 is 6.18 Å². The van der Waals surface area contributed by atoms with Crippen molar-refractivity contribution < 1.29 is 22.8 Å². The number of nitriles is 1. The number of rotatable bonds is 4. The van der Waals surface area contributed by atoms with Crippen molar-refractivity contribution in [3.8, 4) is 11.8 Å². The van der Waals surface area contributed by atoms with Crippen LogP contribution < -0.4 is 5.32 Å². The van der Waals surface area contributed by atoms with Gasteiger partial charge in [0.05, 0.1) is 41.1 Å². The van der Waals surface area contributed by atoms with Crippen molar-refractivity contribution in [2.45, 2.75) is 6.18 Å². The number of benzene rings is 1. The summed E-state index contributed by atoms with van der Waals surface area (Å²) >= 11 is 0. The molecular formula is C26H21F3N8O2. The first kappa shape index (κ1) is 25.8. The lowest BCUT2D eigenvalue weighted by molar-refractivity contribution is -0.143. The fourth-order valence-electron chi connectivity index (χ4n) is 4.39. The quantitative estimate of drug-likeness (QED) is 0.426. The number of carbonyl (C=O) groups excluding carboxylic acids is 2. The predicted octanol–water partition coefficient (Wildman–Crippen LogP) is 3.35. The number of hydrogen-bond acceptors (Lipinski definition) is 7. The lowest BCUT2D eigenvalue weighted by atomic mass is 10.1. The molecule has 13 heteroatoms. The van der Waals surface area contributed by atoms with Crippen molar-refractivity contribution in [1.82, 2.24) is 29.5 Å². The number of aromatic nitrogens is 4. The minimum absolute atomic E-state index is 0.0424. The summed E-state index contributed by atoms with van der Waals surface area (Å²) in [6.07, 6.45) is -0.222. The second kappa shape index (κ2) is 10.1. The lowest BCUT2D eigenvalue weighted by Gasteiger charge is -2.32. The van der Waals surface area contributed by atoms with Crippen LogP contribution in [-0.2, 0) is 6.18 Å². The van der Waals surface area contributed by atoms with Gasteiger partial charge in [-0.25, -0.2) is 9.67 Å². The molecule has 1 aliphatic heterocycles. The van der Waals surface area contributed by atoms with E-state index in [1.165, 1.54) is 18.5 Å². The Morgan fingerprint density at radius 1 is 1.05 bits per heavy atom. The van der Waals surface area contributed by atoms with Crippen LogP contribution in [-0.4, -0.2) is 74.6 Å². The summed E-state index contributed by atoms with van der Waals surface area (Å²) in [6, 6.07) is 9.83. The average molecular weight is 535 g/mol. The SMILES string of the molecule is CN1CCN(C(=O)c2ncc(NC(=O)c3cnn(-c4cncc5ccccc45)c3C(F)(F)F)cc2C#N)CC1. The van der Waals surface area contributed by atoms with Crippen LogP contribution in [0.1, 0.15) is 32.1 Å². The third kappa shape index (κ3) is 5.01. The molecule has 0 radical (unpaired) electrons. The average Bonchev–Trinajstić information content (AvgIpc) is 3.39. The van der Waals surface area contributed by atoms with Gasteiger partial charge in [0, 0.05) is 43.1 Å². The number of pyridine rings is 2. The van der Waals surface area contributed by atoms with Gasteiger partial charge in [0.25, 0.3) is 11.8 Å². The Morgan fingerprint density at radius 2 is 1.79 bits per heavy atom. The van der Waals surface area contributed by atoms with E-state index in [0.29, 0.717) is 41.6 Å². The van der Waals surface area contributed by atoms with Crippen molar-refractivity contribution in [2.75, 3.05) is 38.5 Å². The van der Waals surface area contributed by atoms with E-state index in [1.807, 2.05) is 13.1 Å². The van der Waals surface area contributed by atoms with E-state index in [2.05, 4.69) is 25.3 Å². The summed E-state index contributed by atoms with van der Waals surface area (Å²) in [7, 11) is 1.94. The fourth-order valence-corrected chi connectivity index (χ4v) is 4.39. The maximum Gasteiger partial charge on any atom is 0.434 e. The standard InChI is InChI=1S/C26H21F3N8O2/c1-35-6-8-36(9-7-35)25(39)22-17(11-30)10-18(13-32-22)34-24(38)20-14-33-37(23(20)26(27,28)29)21-15-31-12-16-4-2-3-5-19(16)21/h2-5,10,12-15H,6-9H2,1H3,(H,34,38). The Kier molecular flexibility index (Phi) is 6.71. The summed E-state index contributed by atoms with van der Waals surface area (Å²) in [6.45, 7) is 2.28. The van der Waals surface area contributed by atoms with E-state index in [-0.39, 0.29) is 22.6 Å². The molecule has 39 heavy (non-hydrogen) atoms.